The van der Waals surface area contributed by atoms with Crippen LogP contribution in [0.15, 0.2) is 29.8 Å². The summed E-state index contributed by atoms with van der Waals surface area (Å²) < 4.78 is 7.26. The Morgan fingerprint density at radius 3 is 2.62 bits per heavy atom. The summed E-state index contributed by atoms with van der Waals surface area (Å²) in [4.78, 5) is 25.7. The molecule has 2 aliphatic rings. The highest BCUT2D eigenvalue weighted by Gasteiger charge is 2.26. The van der Waals surface area contributed by atoms with Gasteiger partial charge in [0.05, 0.1) is 23.8 Å². The standard InChI is InChI=1S/C23H25N5O4/c1-15-11-17(12-18(14-24)23(29)25-19-3-4-19)16(2)27(15)20-5-6-21(22(13-20)28(30)31)26-7-9-32-10-8-26/h5-6,11-13,19H,3-4,7-10H2,1-2H3,(H,25,29)/b18-12+. The summed E-state index contributed by atoms with van der Waals surface area (Å²) in [6, 6.07) is 9.22. The van der Waals surface area contributed by atoms with Gasteiger partial charge in [-0.3, -0.25) is 14.9 Å². The number of hydrogen-bond donors (Lipinski definition) is 1. The van der Waals surface area contributed by atoms with E-state index in [1.807, 2.05) is 41.5 Å². The average molecular weight is 435 g/mol. The lowest BCUT2D eigenvalue weighted by Gasteiger charge is -2.28. The second-order valence-electron chi connectivity index (χ2n) is 8.11. The van der Waals surface area contributed by atoms with Crippen molar-refractivity contribution in [3.63, 3.8) is 0 Å². The largest absolute Gasteiger partial charge is 0.378 e. The second-order valence-corrected chi connectivity index (χ2v) is 8.11. The molecule has 0 bridgehead atoms. The van der Waals surface area contributed by atoms with Crippen LogP contribution in [0.25, 0.3) is 11.8 Å². The van der Waals surface area contributed by atoms with Crippen LogP contribution in [-0.2, 0) is 9.53 Å². The van der Waals surface area contributed by atoms with Crippen molar-refractivity contribution in [2.75, 3.05) is 31.2 Å². The number of amides is 1. The van der Waals surface area contributed by atoms with Crippen LogP contribution >= 0.6 is 0 Å². The maximum absolute atomic E-state index is 12.3. The number of anilines is 1. The van der Waals surface area contributed by atoms with E-state index < -0.39 is 0 Å². The maximum Gasteiger partial charge on any atom is 0.294 e. The minimum absolute atomic E-state index is 0.0375. The molecule has 1 aromatic carbocycles. The number of benzene rings is 1. The molecular weight excluding hydrogens is 410 g/mol. The van der Waals surface area contributed by atoms with Crippen LogP contribution in [0.3, 0.4) is 0 Å². The molecule has 0 atom stereocenters. The van der Waals surface area contributed by atoms with Crippen molar-refractivity contribution < 1.29 is 14.5 Å². The Morgan fingerprint density at radius 1 is 1.28 bits per heavy atom. The summed E-state index contributed by atoms with van der Waals surface area (Å²) in [5.74, 6) is -0.370. The first kappa shape index (κ1) is 21.6. The molecule has 0 spiro atoms. The van der Waals surface area contributed by atoms with Crippen molar-refractivity contribution in [2.45, 2.75) is 32.7 Å². The first-order chi connectivity index (χ1) is 15.4. The van der Waals surface area contributed by atoms with Crippen LogP contribution in [0.2, 0.25) is 0 Å². The van der Waals surface area contributed by atoms with Crippen LogP contribution in [-0.4, -0.2) is 47.7 Å². The Morgan fingerprint density at radius 2 is 2.00 bits per heavy atom. The number of aryl methyl sites for hydroxylation is 1. The van der Waals surface area contributed by atoms with Crippen molar-refractivity contribution in [1.29, 1.82) is 5.26 Å². The lowest BCUT2D eigenvalue weighted by Crippen LogP contribution is -2.36. The molecule has 2 fully saturated rings. The van der Waals surface area contributed by atoms with Gasteiger partial charge in [-0.15, -0.1) is 0 Å². The Hall–Kier alpha value is -3.64. The molecular formula is C23H25N5O4. The van der Waals surface area contributed by atoms with E-state index in [1.165, 1.54) is 0 Å². The number of nitriles is 1. The molecule has 0 unspecified atom stereocenters. The van der Waals surface area contributed by atoms with E-state index in [0.29, 0.717) is 37.7 Å². The van der Waals surface area contributed by atoms with Gasteiger partial charge in [0.1, 0.15) is 17.3 Å². The summed E-state index contributed by atoms with van der Waals surface area (Å²) in [7, 11) is 0. The van der Waals surface area contributed by atoms with Gasteiger partial charge in [-0.1, -0.05) is 0 Å². The number of ether oxygens (including phenoxy) is 1. The number of carbonyl (C=O) groups excluding carboxylic acids is 1. The van der Waals surface area contributed by atoms with E-state index in [9.17, 15) is 20.2 Å². The Labute approximate surface area is 186 Å². The van der Waals surface area contributed by atoms with Gasteiger partial charge in [0.2, 0.25) is 0 Å². The van der Waals surface area contributed by atoms with Gasteiger partial charge in [-0.2, -0.15) is 5.26 Å². The summed E-state index contributed by atoms with van der Waals surface area (Å²) in [6.45, 7) is 6.06. The minimum Gasteiger partial charge on any atom is -0.378 e. The highest BCUT2D eigenvalue weighted by Crippen LogP contribution is 2.33. The van der Waals surface area contributed by atoms with E-state index in [-0.39, 0.29) is 28.1 Å². The molecule has 1 saturated carbocycles. The van der Waals surface area contributed by atoms with E-state index in [1.54, 1.807) is 18.2 Å². The van der Waals surface area contributed by atoms with Crippen LogP contribution in [0, 0.1) is 35.3 Å². The molecule has 2 aromatic rings. The fourth-order valence-electron chi connectivity index (χ4n) is 3.99. The van der Waals surface area contributed by atoms with Gasteiger partial charge in [0.25, 0.3) is 11.6 Å². The van der Waals surface area contributed by atoms with Crippen molar-refractivity contribution in [1.82, 2.24) is 9.88 Å². The number of morpholine rings is 1. The van der Waals surface area contributed by atoms with Crippen molar-refractivity contribution >= 4 is 23.4 Å². The Balaban J connectivity index is 1.69. The monoisotopic (exact) mass is 435 g/mol. The minimum atomic E-state index is -0.370. The number of nitrogens with zero attached hydrogens (tertiary/aromatic N) is 4. The first-order valence-corrected chi connectivity index (χ1v) is 10.6. The van der Waals surface area contributed by atoms with E-state index in [0.717, 1.165) is 29.8 Å². The number of carbonyl (C=O) groups is 1. The number of nitro groups is 1. The number of nitrogens with one attached hydrogen (secondary N) is 1. The SMILES string of the molecule is Cc1cc(/C=C(\C#N)C(=O)NC2CC2)c(C)n1-c1ccc(N2CCOCC2)c([N+](=O)[O-])c1. The molecule has 4 rings (SSSR count). The highest BCUT2D eigenvalue weighted by molar-refractivity contribution is 6.02. The number of aromatic nitrogens is 1. The van der Waals surface area contributed by atoms with E-state index >= 15 is 0 Å². The van der Waals surface area contributed by atoms with Gasteiger partial charge in [-0.25, -0.2) is 0 Å². The third-order valence-electron chi connectivity index (χ3n) is 5.81. The lowest BCUT2D eigenvalue weighted by atomic mass is 10.1. The van der Waals surface area contributed by atoms with Crippen LogP contribution < -0.4 is 10.2 Å². The molecule has 1 saturated heterocycles. The topological polar surface area (TPSA) is 113 Å². The normalized spacial score (nSPS) is 16.5. The maximum atomic E-state index is 12.3. The second kappa shape index (κ2) is 8.85. The quantitative estimate of drug-likeness (QED) is 0.323. The third-order valence-corrected chi connectivity index (χ3v) is 5.81. The molecule has 1 amide bonds. The first-order valence-electron chi connectivity index (χ1n) is 10.6. The Bertz CT molecular complexity index is 1130. The van der Waals surface area contributed by atoms with E-state index in [4.69, 9.17) is 4.74 Å². The zero-order valence-electron chi connectivity index (χ0n) is 18.1. The molecule has 1 aliphatic carbocycles. The fourth-order valence-corrected chi connectivity index (χ4v) is 3.99. The van der Waals surface area contributed by atoms with Crippen molar-refractivity contribution in [3.05, 3.63) is 56.9 Å². The number of nitro benzene ring substituents is 1. The summed E-state index contributed by atoms with van der Waals surface area (Å²) in [5.41, 5.74) is 3.69. The predicted octanol–water partition coefficient (Wildman–Crippen LogP) is 3.02. The van der Waals surface area contributed by atoms with Crippen LogP contribution in [0.4, 0.5) is 11.4 Å². The Kier molecular flexibility index (Phi) is 5.97. The molecule has 32 heavy (non-hydrogen) atoms. The molecule has 2 heterocycles. The summed E-state index contributed by atoms with van der Waals surface area (Å²) >= 11 is 0. The molecule has 1 aliphatic heterocycles. The third kappa shape index (κ3) is 4.36. The highest BCUT2D eigenvalue weighted by atomic mass is 16.6. The van der Waals surface area contributed by atoms with Gasteiger partial charge in [0, 0.05) is 36.6 Å². The number of rotatable bonds is 6. The average Bonchev–Trinajstić information content (AvgIpc) is 3.55. The molecule has 1 aromatic heterocycles. The van der Waals surface area contributed by atoms with E-state index in [2.05, 4.69) is 5.32 Å². The smallest absolute Gasteiger partial charge is 0.294 e. The van der Waals surface area contributed by atoms with Crippen molar-refractivity contribution in [2.24, 2.45) is 0 Å². The van der Waals surface area contributed by atoms with Crippen LogP contribution in [0.5, 0.6) is 0 Å². The zero-order valence-corrected chi connectivity index (χ0v) is 18.1. The molecule has 9 heteroatoms. The molecule has 0 radical (unpaired) electrons. The summed E-state index contributed by atoms with van der Waals surface area (Å²) in [5, 5.41) is 24.1. The van der Waals surface area contributed by atoms with Gasteiger partial charge < -0.3 is 19.5 Å². The van der Waals surface area contributed by atoms with Gasteiger partial charge >= 0.3 is 0 Å². The van der Waals surface area contributed by atoms with Crippen molar-refractivity contribution in [3.8, 4) is 11.8 Å². The van der Waals surface area contributed by atoms with Gasteiger partial charge in [-0.05, 0) is 56.5 Å². The summed E-state index contributed by atoms with van der Waals surface area (Å²) in [6.07, 6.45) is 3.46. The number of hydrogen-bond acceptors (Lipinski definition) is 6. The lowest BCUT2D eigenvalue weighted by molar-refractivity contribution is -0.384. The predicted molar refractivity (Wildman–Crippen MR) is 120 cm³/mol. The molecule has 9 nitrogen and oxygen atoms in total. The zero-order chi connectivity index (χ0) is 22.8. The van der Waals surface area contributed by atoms with Gasteiger partial charge in [0.15, 0.2) is 0 Å². The molecule has 166 valence electrons. The fraction of sp³-hybridized carbons (Fsp3) is 0.391. The van der Waals surface area contributed by atoms with Crippen LogP contribution in [0.1, 0.15) is 29.8 Å². The molecule has 1 N–H and O–H groups in total.